The maximum absolute atomic E-state index is 5.71. The van der Waals surface area contributed by atoms with Gasteiger partial charge in [0.1, 0.15) is 0 Å². The van der Waals surface area contributed by atoms with E-state index in [1.807, 2.05) is 29.1 Å². The quantitative estimate of drug-likeness (QED) is 0.908. The molecule has 0 amide bonds. The van der Waals surface area contributed by atoms with Crippen molar-refractivity contribution < 1.29 is 4.74 Å². The minimum absolute atomic E-state index is 0.382. The van der Waals surface area contributed by atoms with E-state index in [-0.39, 0.29) is 0 Å². The zero-order valence-corrected chi connectivity index (χ0v) is 11.7. The van der Waals surface area contributed by atoms with E-state index in [4.69, 9.17) is 4.74 Å². The summed E-state index contributed by atoms with van der Waals surface area (Å²) in [5.74, 6) is 0. The minimum Gasteiger partial charge on any atom is -0.377 e. The van der Waals surface area contributed by atoms with Gasteiger partial charge in [-0.05, 0) is 31.4 Å². The third-order valence-corrected chi connectivity index (χ3v) is 3.63. The summed E-state index contributed by atoms with van der Waals surface area (Å²) in [7, 11) is 0. The van der Waals surface area contributed by atoms with Crippen LogP contribution < -0.4 is 5.32 Å². The molecular formula is C16H21N3O. The molecule has 1 aliphatic heterocycles. The topological polar surface area (TPSA) is 39.1 Å². The normalized spacial score (nSPS) is 19.1. The van der Waals surface area contributed by atoms with E-state index in [1.165, 1.54) is 24.8 Å². The Morgan fingerprint density at radius 3 is 2.95 bits per heavy atom. The van der Waals surface area contributed by atoms with Gasteiger partial charge in [0, 0.05) is 31.5 Å². The Bertz CT molecular complexity index is 518. The van der Waals surface area contributed by atoms with E-state index in [0.29, 0.717) is 6.10 Å². The van der Waals surface area contributed by atoms with Gasteiger partial charge in [0.05, 0.1) is 18.0 Å². The van der Waals surface area contributed by atoms with Gasteiger partial charge in [0.15, 0.2) is 0 Å². The fraction of sp³-hybridized carbons (Fsp3) is 0.438. The van der Waals surface area contributed by atoms with E-state index >= 15 is 0 Å². The number of benzene rings is 1. The monoisotopic (exact) mass is 271 g/mol. The fourth-order valence-corrected chi connectivity index (χ4v) is 2.52. The molecule has 20 heavy (non-hydrogen) atoms. The molecule has 0 aliphatic carbocycles. The molecular weight excluding hydrogens is 250 g/mol. The number of para-hydroxylation sites is 1. The van der Waals surface area contributed by atoms with Crippen LogP contribution in [0.2, 0.25) is 0 Å². The molecule has 106 valence electrons. The lowest BCUT2D eigenvalue weighted by molar-refractivity contribution is 0.0168. The molecule has 1 saturated heterocycles. The predicted molar refractivity (Wildman–Crippen MR) is 78.9 cm³/mol. The van der Waals surface area contributed by atoms with Gasteiger partial charge in [0.25, 0.3) is 0 Å². The number of nitrogens with zero attached hydrogens (tertiary/aromatic N) is 2. The molecule has 1 unspecified atom stereocenters. The van der Waals surface area contributed by atoms with Gasteiger partial charge in [0.2, 0.25) is 0 Å². The number of hydrogen-bond donors (Lipinski definition) is 1. The van der Waals surface area contributed by atoms with Crippen molar-refractivity contribution in [3.63, 3.8) is 0 Å². The summed E-state index contributed by atoms with van der Waals surface area (Å²) in [6, 6.07) is 10.2. The summed E-state index contributed by atoms with van der Waals surface area (Å²) in [5, 5.41) is 7.86. The summed E-state index contributed by atoms with van der Waals surface area (Å²) in [4.78, 5) is 0. The van der Waals surface area contributed by atoms with E-state index < -0.39 is 0 Å². The minimum atomic E-state index is 0.382. The number of aromatic nitrogens is 2. The van der Waals surface area contributed by atoms with Crippen molar-refractivity contribution in [3.05, 3.63) is 48.3 Å². The fourth-order valence-electron chi connectivity index (χ4n) is 2.52. The molecule has 1 fully saturated rings. The Kier molecular flexibility index (Phi) is 4.46. The van der Waals surface area contributed by atoms with Crippen LogP contribution in [0.15, 0.2) is 42.7 Å². The molecule has 2 heterocycles. The van der Waals surface area contributed by atoms with Gasteiger partial charge in [-0.15, -0.1) is 0 Å². The zero-order chi connectivity index (χ0) is 13.6. The van der Waals surface area contributed by atoms with Crippen LogP contribution in [-0.4, -0.2) is 29.0 Å². The Labute approximate surface area is 119 Å². The molecule has 0 bridgehead atoms. The first-order chi connectivity index (χ1) is 9.92. The molecule has 1 aromatic carbocycles. The Balaban J connectivity index is 1.50. The van der Waals surface area contributed by atoms with E-state index in [2.05, 4.69) is 28.7 Å². The lowest BCUT2D eigenvalue weighted by Gasteiger charge is -2.22. The second kappa shape index (κ2) is 6.68. The average molecular weight is 271 g/mol. The van der Waals surface area contributed by atoms with Crippen molar-refractivity contribution in [2.24, 2.45) is 0 Å². The average Bonchev–Trinajstić information content (AvgIpc) is 2.98. The first kappa shape index (κ1) is 13.3. The second-order valence-electron chi connectivity index (χ2n) is 5.25. The summed E-state index contributed by atoms with van der Waals surface area (Å²) in [6.45, 7) is 2.68. The first-order valence-electron chi connectivity index (χ1n) is 7.33. The van der Waals surface area contributed by atoms with Crippen LogP contribution in [0.25, 0.3) is 5.69 Å². The van der Waals surface area contributed by atoms with Crippen molar-refractivity contribution in [1.29, 1.82) is 0 Å². The summed E-state index contributed by atoms with van der Waals surface area (Å²) in [6.07, 6.45) is 8.05. The molecule has 0 saturated carbocycles. The first-order valence-corrected chi connectivity index (χ1v) is 7.33. The summed E-state index contributed by atoms with van der Waals surface area (Å²) < 4.78 is 7.62. The van der Waals surface area contributed by atoms with Gasteiger partial charge in [-0.1, -0.05) is 18.2 Å². The zero-order valence-electron chi connectivity index (χ0n) is 11.7. The van der Waals surface area contributed by atoms with Gasteiger partial charge in [-0.3, -0.25) is 0 Å². The molecule has 3 rings (SSSR count). The Morgan fingerprint density at radius 2 is 2.15 bits per heavy atom. The maximum Gasteiger partial charge on any atom is 0.0699 e. The molecule has 2 aromatic rings. The molecule has 0 spiro atoms. The summed E-state index contributed by atoms with van der Waals surface area (Å²) in [5.41, 5.74) is 2.29. The van der Waals surface area contributed by atoms with Gasteiger partial charge < -0.3 is 10.1 Å². The maximum atomic E-state index is 5.71. The van der Waals surface area contributed by atoms with Crippen molar-refractivity contribution in [2.75, 3.05) is 13.2 Å². The molecule has 1 atom stereocenters. The lowest BCUT2D eigenvalue weighted by atomic mass is 10.1. The third kappa shape index (κ3) is 3.46. The largest absolute Gasteiger partial charge is 0.377 e. The third-order valence-electron chi connectivity index (χ3n) is 3.63. The van der Waals surface area contributed by atoms with Crippen molar-refractivity contribution in [1.82, 2.24) is 15.1 Å². The highest BCUT2D eigenvalue weighted by Crippen LogP contribution is 2.12. The molecule has 1 N–H and O–H groups in total. The highest BCUT2D eigenvalue weighted by Gasteiger charge is 2.12. The highest BCUT2D eigenvalue weighted by molar-refractivity contribution is 5.30. The van der Waals surface area contributed by atoms with E-state index in [0.717, 1.165) is 25.4 Å². The molecule has 0 radical (unpaired) electrons. The van der Waals surface area contributed by atoms with E-state index in [1.54, 1.807) is 0 Å². The standard InChI is InChI=1S/C16H21N3O/c1-2-6-15(7-3-1)19-13-14(11-18-19)10-17-12-16-8-4-5-9-20-16/h1-3,6-7,11,13,16-17H,4-5,8-10,12H2. The Hall–Kier alpha value is -1.65. The van der Waals surface area contributed by atoms with Gasteiger partial charge in [-0.2, -0.15) is 5.10 Å². The van der Waals surface area contributed by atoms with Crippen LogP contribution >= 0.6 is 0 Å². The summed E-state index contributed by atoms with van der Waals surface area (Å²) >= 11 is 0. The van der Waals surface area contributed by atoms with Crippen molar-refractivity contribution >= 4 is 0 Å². The number of hydrogen-bond acceptors (Lipinski definition) is 3. The van der Waals surface area contributed by atoms with Crippen molar-refractivity contribution in [2.45, 2.75) is 31.9 Å². The second-order valence-corrected chi connectivity index (χ2v) is 5.25. The van der Waals surface area contributed by atoms with Crippen LogP contribution in [0.5, 0.6) is 0 Å². The molecule has 4 nitrogen and oxygen atoms in total. The van der Waals surface area contributed by atoms with Crippen LogP contribution in [0.4, 0.5) is 0 Å². The number of rotatable bonds is 5. The van der Waals surface area contributed by atoms with Gasteiger partial charge >= 0.3 is 0 Å². The predicted octanol–water partition coefficient (Wildman–Crippen LogP) is 2.53. The Morgan fingerprint density at radius 1 is 1.25 bits per heavy atom. The van der Waals surface area contributed by atoms with Gasteiger partial charge in [-0.25, -0.2) is 4.68 Å². The SMILES string of the molecule is c1ccc(-n2cc(CNCC3CCCCO3)cn2)cc1. The number of ether oxygens (including phenoxy) is 1. The molecule has 4 heteroatoms. The van der Waals surface area contributed by atoms with Crippen LogP contribution in [-0.2, 0) is 11.3 Å². The van der Waals surface area contributed by atoms with Crippen LogP contribution in [0.3, 0.4) is 0 Å². The van der Waals surface area contributed by atoms with E-state index in [9.17, 15) is 0 Å². The molecule has 1 aromatic heterocycles. The van der Waals surface area contributed by atoms with Crippen LogP contribution in [0.1, 0.15) is 24.8 Å². The number of nitrogens with one attached hydrogen (secondary N) is 1. The highest BCUT2D eigenvalue weighted by atomic mass is 16.5. The van der Waals surface area contributed by atoms with Crippen LogP contribution in [0, 0.1) is 0 Å². The molecule has 1 aliphatic rings. The lowest BCUT2D eigenvalue weighted by Crippen LogP contribution is -2.31. The smallest absolute Gasteiger partial charge is 0.0699 e. The van der Waals surface area contributed by atoms with Crippen molar-refractivity contribution in [3.8, 4) is 5.69 Å².